The molecular formula is C11H9Cl2N3O. The summed E-state index contributed by atoms with van der Waals surface area (Å²) >= 11 is 11.8. The Labute approximate surface area is 108 Å². The van der Waals surface area contributed by atoms with E-state index in [1.165, 1.54) is 6.33 Å². The second kappa shape index (κ2) is 5.21. The third kappa shape index (κ3) is 2.78. The van der Waals surface area contributed by atoms with E-state index in [1.807, 2.05) is 18.2 Å². The van der Waals surface area contributed by atoms with Crippen molar-refractivity contribution in [3.63, 3.8) is 0 Å². The maximum atomic E-state index is 11.2. The van der Waals surface area contributed by atoms with Gasteiger partial charge in [0.15, 0.2) is 5.82 Å². The molecule has 0 atom stereocenters. The van der Waals surface area contributed by atoms with Gasteiger partial charge < -0.3 is 10.3 Å². The summed E-state index contributed by atoms with van der Waals surface area (Å²) < 4.78 is 0. The van der Waals surface area contributed by atoms with Crippen LogP contribution in [0.15, 0.2) is 35.4 Å². The molecule has 0 saturated carbocycles. The van der Waals surface area contributed by atoms with Crippen molar-refractivity contribution in [1.29, 1.82) is 0 Å². The van der Waals surface area contributed by atoms with Crippen molar-refractivity contribution in [2.24, 2.45) is 0 Å². The van der Waals surface area contributed by atoms with Crippen molar-refractivity contribution < 1.29 is 0 Å². The number of aromatic amines is 1. The zero-order valence-electron chi connectivity index (χ0n) is 8.71. The van der Waals surface area contributed by atoms with Crippen LogP contribution < -0.4 is 10.9 Å². The Morgan fingerprint density at radius 1 is 1.29 bits per heavy atom. The van der Waals surface area contributed by atoms with Crippen LogP contribution >= 0.6 is 23.2 Å². The van der Waals surface area contributed by atoms with Crippen LogP contribution in [0.25, 0.3) is 0 Å². The van der Waals surface area contributed by atoms with E-state index < -0.39 is 0 Å². The quantitative estimate of drug-likeness (QED) is 0.901. The van der Waals surface area contributed by atoms with Crippen LogP contribution in [0.3, 0.4) is 0 Å². The van der Waals surface area contributed by atoms with Crippen LogP contribution in [0.4, 0.5) is 5.82 Å². The first-order valence-corrected chi connectivity index (χ1v) is 5.64. The minimum Gasteiger partial charge on any atom is -0.364 e. The van der Waals surface area contributed by atoms with Gasteiger partial charge in [-0.3, -0.25) is 4.79 Å². The monoisotopic (exact) mass is 269 g/mol. The van der Waals surface area contributed by atoms with Crippen LogP contribution in [0, 0.1) is 0 Å². The number of hydrogen-bond acceptors (Lipinski definition) is 3. The Hall–Kier alpha value is -1.52. The maximum absolute atomic E-state index is 11.2. The van der Waals surface area contributed by atoms with Gasteiger partial charge in [0.25, 0.3) is 5.56 Å². The van der Waals surface area contributed by atoms with E-state index in [9.17, 15) is 4.79 Å². The smallest absolute Gasteiger partial charge is 0.271 e. The number of hydrogen-bond donors (Lipinski definition) is 2. The van der Waals surface area contributed by atoms with Gasteiger partial charge in [-0.25, -0.2) is 4.98 Å². The number of anilines is 1. The van der Waals surface area contributed by atoms with Crippen LogP contribution in [-0.4, -0.2) is 9.97 Å². The first-order chi connectivity index (χ1) is 8.18. The van der Waals surface area contributed by atoms with E-state index in [4.69, 9.17) is 23.2 Å². The van der Waals surface area contributed by atoms with Crippen molar-refractivity contribution in [2.45, 2.75) is 6.54 Å². The lowest BCUT2D eigenvalue weighted by Gasteiger charge is -2.07. The number of nitrogens with one attached hydrogen (secondary N) is 2. The fourth-order valence-electron chi connectivity index (χ4n) is 1.33. The highest BCUT2D eigenvalue weighted by Crippen LogP contribution is 2.18. The average molecular weight is 270 g/mol. The molecule has 0 aliphatic heterocycles. The fraction of sp³-hybridized carbons (Fsp3) is 0.0909. The molecule has 0 radical (unpaired) electrons. The van der Waals surface area contributed by atoms with Gasteiger partial charge in [0, 0.05) is 11.6 Å². The summed E-state index contributed by atoms with van der Waals surface area (Å²) in [4.78, 5) is 17.6. The summed E-state index contributed by atoms with van der Waals surface area (Å²) in [6.07, 6.45) is 1.29. The zero-order valence-corrected chi connectivity index (χ0v) is 10.2. The van der Waals surface area contributed by atoms with Gasteiger partial charge in [-0.05, 0) is 11.6 Å². The highest BCUT2D eigenvalue weighted by atomic mass is 35.5. The summed E-state index contributed by atoms with van der Waals surface area (Å²) in [5, 5.41) is 3.66. The molecule has 0 aliphatic rings. The topological polar surface area (TPSA) is 57.8 Å². The number of aromatic nitrogens is 2. The van der Waals surface area contributed by atoms with Crippen molar-refractivity contribution in [1.82, 2.24) is 9.97 Å². The molecule has 4 nitrogen and oxygen atoms in total. The van der Waals surface area contributed by atoms with Crippen molar-refractivity contribution in [3.05, 3.63) is 56.6 Å². The normalized spacial score (nSPS) is 10.2. The molecule has 1 heterocycles. The van der Waals surface area contributed by atoms with Gasteiger partial charge in [-0.2, -0.15) is 0 Å². The molecule has 0 spiro atoms. The predicted octanol–water partition coefficient (Wildman–Crippen LogP) is 2.69. The van der Waals surface area contributed by atoms with E-state index in [1.54, 1.807) is 6.07 Å². The largest absolute Gasteiger partial charge is 0.364 e. The Balaban J connectivity index is 2.16. The van der Waals surface area contributed by atoms with E-state index in [-0.39, 0.29) is 10.6 Å². The molecule has 1 aromatic carbocycles. The molecule has 6 heteroatoms. The minimum atomic E-state index is -0.372. The molecule has 88 valence electrons. The molecule has 2 rings (SSSR count). The Kier molecular flexibility index (Phi) is 3.66. The number of H-pyrrole nitrogens is 1. The molecule has 2 aromatic rings. The number of benzene rings is 1. The van der Waals surface area contributed by atoms with E-state index >= 15 is 0 Å². The Bertz CT molecular complexity index is 583. The predicted molar refractivity (Wildman–Crippen MR) is 68.6 cm³/mol. The molecule has 0 fully saturated rings. The number of halogens is 2. The molecule has 0 aliphatic carbocycles. The van der Waals surface area contributed by atoms with Crippen LogP contribution in [0.5, 0.6) is 0 Å². The Morgan fingerprint density at radius 3 is 2.82 bits per heavy atom. The molecular weight excluding hydrogens is 261 g/mol. The summed E-state index contributed by atoms with van der Waals surface area (Å²) in [6, 6.07) is 7.42. The third-order valence-corrected chi connectivity index (χ3v) is 2.92. The lowest BCUT2D eigenvalue weighted by molar-refractivity contribution is 1.06. The first kappa shape index (κ1) is 12.0. The first-order valence-electron chi connectivity index (χ1n) is 4.89. The summed E-state index contributed by atoms with van der Waals surface area (Å²) in [7, 11) is 0. The molecule has 0 amide bonds. The summed E-state index contributed by atoms with van der Waals surface area (Å²) in [6.45, 7) is 0.454. The van der Waals surface area contributed by atoms with Gasteiger partial charge in [0.2, 0.25) is 0 Å². The SMILES string of the molecule is O=c1[nH]cnc(NCc2ccccc2Cl)c1Cl. The lowest BCUT2D eigenvalue weighted by Crippen LogP contribution is -2.11. The van der Waals surface area contributed by atoms with Gasteiger partial charge in [-0.15, -0.1) is 0 Å². The summed E-state index contributed by atoms with van der Waals surface area (Å²) in [5.41, 5.74) is 0.538. The third-order valence-electron chi connectivity index (χ3n) is 2.20. The van der Waals surface area contributed by atoms with Gasteiger partial charge >= 0.3 is 0 Å². The van der Waals surface area contributed by atoms with Crippen molar-refractivity contribution in [2.75, 3.05) is 5.32 Å². The fourth-order valence-corrected chi connectivity index (χ4v) is 1.70. The van der Waals surface area contributed by atoms with Gasteiger partial charge in [0.05, 0.1) is 6.33 Å². The van der Waals surface area contributed by atoms with Crippen LogP contribution in [0.1, 0.15) is 5.56 Å². The second-order valence-corrected chi connectivity index (χ2v) is 4.12. The average Bonchev–Trinajstić information content (AvgIpc) is 2.33. The minimum absolute atomic E-state index is 0.0413. The van der Waals surface area contributed by atoms with E-state index in [0.29, 0.717) is 17.4 Å². The van der Waals surface area contributed by atoms with Crippen molar-refractivity contribution >= 4 is 29.0 Å². The number of rotatable bonds is 3. The highest BCUT2D eigenvalue weighted by molar-refractivity contribution is 6.32. The van der Waals surface area contributed by atoms with Gasteiger partial charge in [-0.1, -0.05) is 41.4 Å². The molecule has 0 saturated heterocycles. The highest BCUT2D eigenvalue weighted by Gasteiger charge is 2.05. The maximum Gasteiger partial charge on any atom is 0.271 e. The second-order valence-electron chi connectivity index (χ2n) is 3.34. The van der Waals surface area contributed by atoms with E-state index in [2.05, 4.69) is 15.3 Å². The summed E-state index contributed by atoms with van der Waals surface area (Å²) in [5.74, 6) is 0.343. The van der Waals surface area contributed by atoms with Crippen LogP contribution in [-0.2, 0) is 6.54 Å². The number of nitrogens with zero attached hydrogens (tertiary/aromatic N) is 1. The molecule has 1 aromatic heterocycles. The lowest BCUT2D eigenvalue weighted by atomic mass is 10.2. The molecule has 0 unspecified atom stereocenters. The molecule has 17 heavy (non-hydrogen) atoms. The van der Waals surface area contributed by atoms with Crippen LogP contribution in [0.2, 0.25) is 10.0 Å². The van der Waals surface area contributed by atoms with Gasteiger partial charge in [0.1, 0.15) is 5.02 Å². The molecule has 0 bridgehead atoms. The van der Waals surface area contributed by atoms with E-state index in [0.717, 1.165) is 5.56 Å². The zero-order chi connectivity index (χ0) is 12.3. The Morgan fingerprint density at radius 2 is 2.06 bits per heavy atom. The molecule has 2 N–H and O–H groups in total. The van der Waals surface area contributed by atoms with Crippen molar-refractivity contribution in [3.8, 4) is 0 Å². The standard InChI is InChI=1S/C11H9Cl2N3O/c12-8-4-2-1-3-7(8)5-14-10-9(13)11(17)16-6-15-10/h1-4,6H,5H2,(H2,14,15,16,17).